The summed E-state index contributed by atoms with van der Waals surface area (Å²) in [6.45, 7) is 10.3. The molecule has 1 aliphatic rings. The van der Waals surface area contributed by atoms with Crippen molar-refractivity contribution in [2.45, 2.75) is 64.9 Å². The summed E-state index contributed by atoms with van der Waals surface area (Å²) >= 11 is 1.73. The second-order valence-corrected chi connectivity index (χ2v) is 9.12. The first kappa shape index (κ1) is 21.0. The first-order chi connectivity index (χ1) is 14.6. The topological polar surface area (TPSA) is 97.5 Å². The number of fused-ring (bicyclic) bond motifs is 1. The highest BCUT2D eigenvalue weighted by atomic mass is 32.2. The Balaban J connectivity index is 1.44. The molecule has 1 fully saturated rings. The van der Waals surface area contributed by atoms with Gasteiger partial charge in [0.2, 0.25) is 0 Å². The van der Waals surface area contributed by atoms with Crippen LogP contribution >= 0.6 is 11.8 Å². The number of hydrogen-bond acceptors (Lipinski definition) is 7. The Labute approximate surface area is 180 Å². The number of thioether (sulfide) groups is 1. The number of nitrogens with one attached hydrogen (secondary N) is 1. The van der Waals surface area contributed by atoms with Gasteiger partial charge in [0, 0.05) is 37.4 Å². The van der Waals surface area contributed by atoms with Crippen molar-refractivity contribution in [3.63, 3.8) is 0 Å². The lowest BCUT2D eigenvalue weighted by Gasteiger charge is -2.31. The predicted octanol–water partition coefficient (Wildman–Crippen LogP) is 2.52. The van der Waals surface area contributed by atoms with E-state index in [4.69, 9.17) is 0 Å². The summed E-state index contributed by atoms with van der Waals surface area (Å²) in [7, 11) is 0. The number of rotatable bonds is 8. The lowest BCUT2D eigenvalue weighted by atomic mass is 10.0. The molecule has 1 saturated heterocycles. The number of aryl methyl sites for hydroxylation is 1. The summed E-state index contributed by atoms with van der Waals surface area (Å²) < 4.78 is 3.97. The number of hydrogen-bond donors (Lipinski definition) is 1. The van der Waals surface area contributed by atoms with Gasteiger partial charge in [-0.3, -0.25) is 14.4 Å². The molecule has 4 heterocycles. The van der Waals surface area contributed by atoms with Crippen LogP contribution in [0.5, 0.6) is 0 Å². The third-order valence-electron chi connectivity index (χ3n) is 5.76. The average molecular weight is 431 g/mol. The molecule has 0 bridgehead atoms. The van der Waals surface area contributed by atoms with E-state index in [0.717, 1.165) is 51.2 Å². The van der Waals surface area contributed by atoms with E-state index >= 15 is 0 Å². The van der Waals surface area contributed by atoms with Crippen LogP contribution in [0.15, 0.2) is 11.0 Å². The van der Waals surface area contributed by atoms with E-state index < -0.39 is 0 Å². The van der Waals surface area contributed by atoms with Gasteiger partial charge in [-0.05, 0) is 31.9 Å². The van der Waals surface area contributed by atoms with Crippen molar-refractivity contribution < 1.29 is 0 Å². The van der Waals surface area contributed by atoms with Gasteiger partial charge in [-0.25, -0.2) is 9.67 Å². The molecular formula is C20H30N8OS. The summed E-state index contributed by atoms with van der Waals surface area (Å²) in [4.78, 5) is 22.3. The number of aromatic amines is 1. The molecule has 30 heavy (non-hydrogen) atoms. The minimum absolute atomic E-state index is 0.199. The largest absolute Gasteiger partial charge is 0.308 e. The molecule has 3 aromatic heterocycles. The molecule has 9 nitrogen and oxygen atoms in total. The van der Waals surface area contributed by atoms with Crippen LogP contribution < -0.4 is 5.56 Å². The van der Waals surface area contributed by atoms with Gasteiger partial charge in [-0.1, -0.05) is 19.1 Å². The maximum atomic E-state index is 12.4. The summed E-state index contributed by atoms with van der Waals surface area (Å²) in [6.07, 6.45) is 5.03. The third-order valence-corrected chi connectivity index (χ3v) is 6.65. The zero-order chi connectivity index (χ0) is 21.1. The molecule has 0 spiro atoms. The van der Waals surface area contributed by atoms with Crippen molar-refractivity contribution in [2.75, 3.05) is 18.8 Å². The van der Waals surface area contributed by atoms with Crippen LogP contribution in [0.4, 0.5) is 0 Å². The summed E-state index contributed by atoms with van der Waals surface area (Å²) in [5, 5.41) is 12.9. The lowest BCUT2D eigenvalue weighted by molar-refractivity contribution is 0.173. The summed E-state index contributed by atoms with van der Waals surface area (Å²) in [5.41, 5.74) is 3.32. The van der Waals surface area contributed by atoms with Crippen LogP contribution in [0.2, 0.25) is 0 Å². The first-order valence-electron chi connectivity index (χ1n) is 10.8. The third kappa shape index (κ3) is 4.29. The molecule has 1 aliphatic heterocycles. The van der Waals surface area contributed by atoms with Crippen molar-refractivity contribution in [1.29, 1.82) is 0 Å². The number of H-pyrrole nitrogens is 1. The molecule has 0 amide bonds. The van der Waals surface area contributed by atoms with Crippen molar-refractivity contribution in [3.8, 4) is 0 Å². The van der Waals surface area contributed by atoms with Crippen LogP contribution in [0.25, 0.3) is 11.2 Å². The fourth-order valence-corrected chi connectivity index (χ4v) is 4.57. The highest BCUT2D eigenvalue weighted by Crippen LogP contribution is 2.25. The zero-order valence-electron chi connectivity index (χ0n) is 18.0. The average Bonchev–Trinajstić information content (AvgIpc) is 3.32. The predicted molar refractivity (Wildman–Crippen MR) is 119 cm³/mol. The Kier molecular flexibility index (Phi) is 6.52. The van der Waals surface area contributed by atoms with E-state index in [2.05, 4.69) is 55.7 Å². The molecule has 0 radical (unpaired) electrons. The van der Waals surface area contributed by atoms with Gasteiger partial charge in [-0.2, -0.15) is 16.9 Å². The molecule has 4 rings (SSSR count). The van der Waals surface area contributed by atoms with E-state index in [1.54, 1.807) is 11.8 Å². The minimum atomic E-state index is -0.199. The molecule has 10 heteroatoms. The standard InChI is InChI=1S/C20H30N8OS/c1-4-8-27-14(3)15(11-21-27)12-26-9-6-16(7-10-26)28-19-18(24-25-28)20(29)23-17(22-19)13-30-5-2/h11,16H,4-10,12-13H2,1-3H3,(H,22,23,29). The molecule has 0 unspecified atom stereocenters. The molecule has 1 N–H and O–H groups in total. The molecule has 3 aromatic rings. The molecule has 0 saturated carbocycles. The number of nitrogens with zero attached hydrogens (tertiary/aromatic N) is 7. The van der Waals surface area contributed by atoms with Crippen molar-refractivity contribution in [1.82, 2.24) is 39.6 Å². The van der Waals surface area contributed by atoms with Crippen LogP contribution in [-0.2, 0) is 18.8 Å². The van der Waals surface area contributed by atoms with Gasteiger partial charge in [0.25, 0.3) is 5.56 Å². The Hall–Kier alpha value is -2.20. The highest BCUT2D eigenvalue weighted by Gasteiger charge is 2.25. The Morgan fingerprint density at radius 2 is 2.07 bits per heavy atom. The zero-order valence-corrected chi connectivity index (χ0v) is 18.8. The van der Waals surface area contributed by atoms with E-state index in [9.17, 15) is 4.79 Å². The maximum Gasteiger partial charge on any atom is 0.281 e. The Morgan fingerprint density at radius 3 is 2.80 bits per heavy atom. The number of aromatic nitrogens is 7. The number of likely N-dealkylation sites (tertiary alicyclic amines) is 1. The quantitative estimate of drug-likeness (QED) is 0.586. The van der Waals surface area contributed by atoms with Crippen molar-refractivity contribution >= 4 is 22.9 Å². The molecule has 162 valence electrons. The second kappa shape index (κ2) is 9.30. The Bertz CT molecular complexity index is 1050. The van der Waals surface area contributed by atoms with E-state index in [0.29, 0.717) is 22.7 Å². The SMILES string of the molecule is CCCn1ncc(CN2CCC(n3nnc4c(=O)[nH]c(CSCC)nc43)CC2)c1C. The monoisotopic (exact) mass is 430 g/mol. The molecule has 0 aromatic carbocycles. The van der Waals surface area contributed by atoms with E-state index in [1.807, 2.05) is 10.9 Å². The van der Waals surface area contributed by atoms with Gasteiger partial charge in [0.05, 0.1) is 18.0 Å². The van der Waals surface area contributed by atoms with Crippen LogP contribution in [-0.4, -0.2) is 58.5 Å². The van der Waals surface area contributed by atoms with Gasteiger partial charge in [0.1, 0.15) is 5.82 Å². The first-order valence-corrected chi connectivity index (χ1v) is 11.9. The van der Waals surface area contributed by atoms with E-state index in [1.165, 1.54) is 11.3 Å². The molecular weight excluding hydrogens is 400 g/mol. The normalized spacial score (nSPS) is 16.0. The van der Waals surface area contributed by atoms with Crippen molar-refractivity contribution in [3.05, 3.63) is 33.6 Å². The van der Waals surface area contributed by atoms with E-state index in [-0.39, 0.29) is 11.6 Å². The minimum Gasteiger partial charge on any atom is -0.308 e. The smallest absolute Gasteiger partial charge is 0.281 e. The molecule has 0 atom stereocenters. The van der Waals surface area contributed by atoms with Crippen molar-refractivity contribution in [2.24, 2.45) is 0 Å². The van der Waals surface area contributed by atoms with Gasteiger partial charge in [-0.15, -0.1) is 5.10 Å². The number of piperidine rings is 1. The van der Waals surface area contributed by atoms with Gasteiger partial charge in [0.15, 0.2) is 11.2 Å². The Morgan fingerprint density at radius 1 is 1.27 bits per heavy atom. The lowest BCUT2D eigenvalue weighted by Crippen LogP contribution is -2.34. The van der Waals surface area contributed by atoms with Gasteiger partial charge < -0.3 is 4.98 Å². The maximum absolute atomic E-state index is 12.4. The fraction of sp³-hybridized carbons (Fsp3) is 0.650. The second-order valence-electron chi connectivity index (χ2n) is 7.84. The summed E-state index contributed by atoms with van der Waals surface area (Å²) in [6, 6.07) is 0.219. The van der Waals surface area contributed by atoms with Crippen LogP contribution in [0.3, 0.4) is 0 Å². The van der Waals surface area contributed by atoms with Crippen LogP contribution in [0.1, 0.15) is 56.2 Å². The highest BCUT2D eigenvalue weighted by molar-refractivity contribution is 7.98. The van der Waals surface area contributed by atoms with Gasteiger partial charge >= 0.3 is 0 Å². The fourth-order valence-electron chi connectivity index (χ4n) is 4.04. The van der Waals surface area contributed by atoms with Crippen LogP contribution in [0, 0.1) is 6.92 Å². The summed E-state index contributed by atoms with van der Waals surface area (Å²) in [5.74, 6) is 2.37. The molecule has 0 aliphatic carbocycles.